The van der Waals surface area contributed by atoms with Gasteiger partial charge in [0.05, 0.1) is 29.4 Å². The van der Waals surface area contributed by atoms with E-state index in [1.54, 1.807) is 62.5 Å². The Hall–Kier alpha value is -3.26. The third-order valence-electron chi connectivity index (χ3n) is 4.22. The number of hydrogen-bond acceptors (Lipinski definition) is 7. The summed E-state index contributed by atoms with van der Waals surface area (Å²) in [4.78, 5) is 30.8. The molecule has 0 unspecified atom stereocenters. The lowest BCUT2D eigenvalue weighted by atomic mass is 10.1. The van der Waals surface area contributed by atoms with Crippen molar-refractivity contribution in [1.29, 1.82) is 0 Å². The lowest BCUT2D eigenvalue weighted by Crippen LogP contribution is -2.23. The van der Waals surface area contributed by atoms with Crippen molar-refractivity contribution in [1.82, 2.24) is 4.90 Å². The average molecular weight is 426 g/mol. The number of aromatic hydroxyl groups is 1. The molecule has 2 aromatic rings. The van der Waals surface area contributed by atoms with Crippen LogP contribution in [0.15, 0.2) is 52.4 Å². The van der Waals surface area contributed by atoms with Gasteiger partial charge in [-0.3, -0.25) is 9.69 Å². The summed E-state index contributed by atoms with van der Waals surface area (Å²) in [5.41, 5.74) is 1.53. The first-order chi connectivity index (χ1) is 14.4. The zero-order valence-corrected chi connectivity index (χ0v) is 17.7. The highest BCUT2D eigenvalue weighted by atomic mass is 32.2. The number of amidine groups is 1. The number of nitrogens with zero attached hydrogens (tertiary/aromatic N) is 2. The molecular weight excluding hydrogens is 404 g/mol. The van der Waals surface area contributed by atoms with Crippen molar-refractivity contribution in [2.45, 2.75) is 13.8 Å². The van der Waals surface area contributed by atoms with Gasteiger partial charge in [-0.25, -0.2) is 9.79 Å². The maximum atomic E-state index is 12.6. The number of phenolic OH excluding ortho intramolecular Hbond substituents is 1. The van der Waals surface area contributed by atoms with Gasteiger partial charge in [0.1, 0.15) is 0 Å². The van der Waals surface area contributed by atoms with Crippen LogP contribution in [0.1, 0.15) is 29.8 Å². The highest BCUT2D eigenvalue weighted by Gasteiger charge is 2.30. The zero-order chi connectivity index (χ0) is 21.7. The minimum absolute atomic E-state index is 0.0113. The van der Waals surface area contributed by atoms with Gasteiger partial charge in [0.15, 0.2) is 16.7 Å². The zero-order valence-electron chi connectivity index (χ0n) is 16.9. The smallest absolute Gasteiger partial charge is 0.338 e. The van der Waals surface area contributed by atoms with Gasteiger partial charge in [0, 0.05) is 12.6 Å². The van der Waals surface area contributed by atoms with Gasteiger partial charge in [-0.05, 0) is 62.0 Å². The third-order valence-corrected chi connectivity index (χ3v) is 5.28. The number of ether oxygens (including phenoxy) is 2. The SMILES string of the molecule is CCOC(=O)c1ccc(N=C2S/C(=C\c3cccc(OCC)c3O)C(=O)N2C)cc1. The second-order valence-corrected chi connectivity index (χ2v) is 7.27. The Kier molecular flexibility index (Phi) is 6.79. The highest BCUT2D eigenvalue weighted by molar-refractivity contribution is 8.18. The van der Waals surface area contributed by atoms with Crippen molar-refractivity contribution in [3.8, 4) is 11.5 Å². The number of esters is 1. The van der Waals surface area contributed by atoms with Gasteiger partial charge < -0.3 is 14.6 Å². The molecule has 0 spiro atoms. The van der Waals surface area contributed by atoms with Crippen LogP contribution in [0, 0.1) is 0 Å². The van der Waals surface area contributed by atoms with Crippen LogP contribution in [-0.2, 0) is 9.53 Å². The van der Waals surface area contributed by atoms with Crippen molar-refractivity contribution in [2.24, 2.45) is 4.99 Å². The fourth-order valence-corrected chi connectivity index (χ4v) is 3.70. The van der Waals surface area contributed by atoms with Crippen LogP contribution in [0.25, 0.3) is 6.08 Å². The minimum Gasteiger partial charge on any atom is -0.504 e. The first-order valence-corrected chi connectivity index (χ1v) is 10.2. The van der Waals surface area contributed by atoms with E-state index in [1.165, 1.54) is 16.7 Å². The van der Waals surface area contributed by atoms with E-state index in [0.29, 0.717) is 45.9 Å². The second-order valence-electron chi connectivity index (χ2n) is 6.26. The molecule has 1 aliphatic rings. The van der Waals surface area contributed by atoms with E-state index >= 15 is 0 Å². The van der Waals surface area contributed by atoms with Gasteiger partial charge in [-0.2, -0.15) is 0 Å². The molecule has 1 saturated heterocycles. The van der Waals surface area contributed by atoms with Crippen LogP contribution in [-0.4, -0.2) is 47.3 Å². The average Bonchev–Trinajstić information content (AvgIpc) is 2.99. The monoisotopic (exact) mass is 426 g/mol. The van der Waals surface area contributed by atoms with Crippen molar-refractivity contribution in [2.75, 3.05) is 20.3 Å². The minimum atomic E-state index is -0.390. The van der Waals surface area contributed by atoms with Gasteiger partial charge in [0.25, 0.3) is 5.91 Å². The molecular formula is C22H22N2O5S. The van der Waals surface area contributed by atoms with Crippen LogP contribution >= 0.6 is 11.8 Å². The van der Waals surface area contributed by atoms with E-state index in [1.807, 2.05) is 6.92 Å². The quantitative estimate of drug-likeness (QED) is 0.550. The Balaban J connectivity index is 1.83. The Morgan fingerprint density at radius 1 is 1.17 bits per heavy atom. The molecule has 0 radical (unpaired) electrons. The number of carbonyl (C=O) groups excluding carboxylic acids is 2. The maximum absolute atomic E-state index is 12.6. The number of carbonyl (C=O) groups is 2. The van der Waals surface area contributed by atoms with Gasteiger partial charge in [-0.1, -0.05) is 12.1 Å². The standard InChI is InChI=1S/C22H22N2O5S/c1-4-28-17-8-6-7-15(19(17)25)13-18-20(26)24(3)22(30-18)23-16-11-9-14(10-12-16)21(27)29-5-2/h6-13,25H,4-5H2,1-3H3/b18-13-,23-22?. The van der Waals surface area contributed by atoms with E-state index < -0.39 is 5.97 Å². The molecule has 1 amide bonds. The molecule has 1 heterocycles. The van der Waals surface area contributed by atoms with Crippen molar-refractivity contribution < 1.29 is 24.2 Å². The Morgan fingerprint density at radius 3 is 2.57 bits per heavy atom. The number of para-hydroxylation sites is 1. The van der Waals surface area contributed by atoms with Gasteiger partial charge in [-0.15, -0.1) is 0 Å². The summed E-state index contributed by atoms with van der Waals surface area (Å²) in [5.74, 6) is -0.254. The molecule has 7 nitrogen and oxygen atoms in total. The molecule has 1 N–H and O–H groups in total. The third kappa shape index (κ3) is 4.65. The summed E-state index contributed by atoms with van der Waals surface area (Å²) in [5, 5.41) is 10.9. The topological polar surface area (TPSA) is 88.4 Å². The molecule has 0 aliphatic carbocycles. The lowest BCUT2D eigenvalue weighted by Gasteiger charge is -2.08. The Labute approximate surface area is 179 Å². The summed E-state index contributed by atoms with van der Waals surface area (Å²) in [6.07, 6.45) is 1.62. The lowest BCUT2D eigenvalue weighted by molar-refractivity contribution is -0.121. The molecule has 156 valence electrons. The normalized spacial score (nSPS) is 16.4. The molecule has 0 bridgehead atoms. The van der Waals surface area contributed by atoms with Crippen LogP contribution in [0.3, 0.4) is 0 Å². The molecule has 1 aliphatic heterocycles. The molecule has 2 aromatic carbocycles. The predicted octanol–water partition coefficient (Wildman–Crippen LogP) is 4.20. The predicted molar refractivity (Wildman–Crippen MR) is 117 cm³/mol. The molecule has 0 saturated carbocycles. The Bertz CT molecular complexity index is 1010. The second kappa shape index (κ2) is 9.49. The summed E-state index contributed by atoms with van der Waals surface area (Å²) in [6, 6.07) is 11.8. The molecule has 1 fully saturated rings. The summed E-state index contributed by atoms with van der Waals surface area (Å²) in [6.45, 7) is 4.32. The van der Waals surface area contributed by atoms with E-state index in [0.717, 1.165) is 0 Å². The van der Waals surface area contributed by atoms with E-state index in [-0.39, 0.29) is 11.7 Å². The van der Waals surface area contributed by atoms with Gasteiger partial charge >= 0.3 is 5.97 Å². The Morgan fingerprint density at radius 2 is 1.90 bits per heavy atom. The molecule has 0 atom stereocenters. The fraction of sp³-hybridized carbons (Fsp3) is 0.227. The number of phenols is 1. The molecule has 0 aromatic heterocycles. The highest BCUT2D eigenvalue weighted by Crippen LogP contribution is 2.37. The maximum Gasteiger partial charge on any atom is 0.338 e. The van der Waals surface area contributed by atoms with Crippen molar-refractivity contribution in [3.05, 3.63) is 58.5 Å². The molecule has 8 heteroatoms. The number of benzene rings is 2. The summed E-state index contributed by atoms with van der Waals surface area (Å²) < 4.78 is 10.4. The number of rotatable bonds is 6. The van der Waals surface area contributed by atoms with Crippen LogP contribution < -0.4 is 4.74 Å². The van der Waals surface area contributed by atoms with Crippen LogP contribution in [0.2, 0.25) is 0 Å². The van der Waals surface area contributed by atoms with E-state index in [4.69, 9.17) is 9.47 Å². The number of hydrogen-bond donors (Lipinski definition) is 1. The summed E-state index contributed by atoms with van der Waals surface area (Å²) >= 11 is 1.21. The number of aliphatic imine (C=N–C) groups is 1. The largest absolute Gasteiger partial charge is 0.504 e. The van der Waals surface area contributed by atoms with E-state index in [9.17, 15) is 14.7 Å². The van der Waals surface area contributed by atoms with Crippen molar-refractivity contribution in [3.63, 3.8) is 0 Å². The van der Waals surface area contributed by atoms with Gasteiger partial charge in [0.2, 0.25) is 0 Å². The number of thioether (sulfide) groups is 1. The summed E-state index contributed by atoms with van der Waals surface area (Å²) in [7, 11) is 1.64. The van der Waals surface area contributed by atoms with Crippen molar-refractivity contribution >= 4 is 40.6 Å². The fourth-order valence-electron chi connectivity index (χ4n) is 2.72. The first-order valence-electron chi connectivity index (χ1n) is 9.42. The first kappa shape index (κ1) is 21.4. The van der Waals surface area contributed by atoms with E-state index in [2.05, 4.69) is 4.99 Å². The van der Waals surface area contributed by atoms with Crippen LogP contribution in [0.5, 0.6) is 11.5 Å². The number of amides is 1. The molecule has 3 rings (SSSR count). The number of likely N-dealkylation sites (N-methyl/N-ethyl adjacent to an activating group) is 1. The van der Waals surface area contributed by atoms with Crippen LogP contribution in [0.4, 0.5) is 5.69 Å². The molecule has 30 heavy (non-hydrogen) atoms.